The van der Waals surface area contributed by atoms with Crippen molar-refractivity contribution in [1.82, 2.24) is 24.9 Å². The van der Waals surface area contributed by atoms with Crippen molar-refractivity contribution >= 4 is 0 Å². The largest absolute Gasteiger partial charge is 0.304 e. The van der Waals surface area contributed by atoms with Gasteiger partial charge < -0.3 is 5.32 Å². The minimum absolute atomic E-state index is 0.283. The van der Waals surface area contributed by atoms with Gasteiger partial charge in [-0.15, -0.1) is 0 Å². The molecule has 1 atom stereocenters. The first-order valence-electron chi connectivity index (χ1n) is 6.36. The number of nitrogens with zero attached hydrogens (tertiary/aromatic N) is 4. The summed E-state index contributed by atoms with van der Waals surface area (Å²) in [6.07, 6.45) is 3.94. The van der Waals surface area contributed by atoms with Crippen LogP contribution in [0.5, 0.6) is 0 Å². The molecule has 98 valence electrons. The summed E-state index contributed by atoms with van der Waals surface area (Å²) < 4.78 is 3.84. The van der Waals surface area contributed by atoms with Gasteiger partial charge in [0.15, 0.2) is 0 Å². The average molecular weight is 247 g/mol. The van der Waals surface area contributed by atoms with Crippen molar-refractivity contribution < 1.29 is 0 Å². The van der Waals surface area contributed by atoms with Crippen molar-refractivity contribution in [1.29, 1.82) is 0 Å². The molecule has 0 aliphatic rings. The highest BCUT2D eigenvalue weighted by Gasteiger charge is 2.11. The molecule has 0 amide bonds. The molecule has 2 aromatic rings. The predicted octanol–water partition coefficient (Wildman–Crippen LogP) is 1.80. The molecule has 0 fully saturated rings. The van der Waals surface area contributed by atoms with E-state index in [2.05, 4.69) is 42.4 Å². The Hall–Kier alpha value is -1.62. The van der Waals surface area contributed by atoms with Crippen LogP contribution in [-0.2, 0) is 20.1 Å². The van der Waals surface area contributed by atoms with E-state index in [9.17, 15) is 0 Å². The quantitative estimate of drug-likeness (QED) is 0.876. The lowest BCUT2D eigenvalue weighted by molar-refractivity contribution is 0.552. The zero-order chi connectivity index (χ0) is 13.1. The first-order valence-corrected chi connectivity index (χ1v) is 6.36. The molecule has 0 radical (unpaired) electrons. The molecule has 0 saturated heterocycles. The SMILES string of the molecule is CCn1ccc(CNC(C)c2cnn(C)c2C)n1. The zero-order valence-corrected chi connectivity index (χ0v) is 11.5. The van der Waals surface area contributed by atoms with E-state index < -0.39 is 0 Å². The van der Waals surface area contributed by atoms with Crippen LogP contribution in [0.1, 0.15) is 36.8 Å². The maximum absolute atomic E-state index is 4.46. The third kappa shape index (κ3) is 2.61. The molecule has 2 aromatic heterocycles. The molecule has 0 aromatic carbocycles. The normalized spacial score (nSPS) is 12.9. The number of hydrogen-bond donors (Lipinski definition) is 1. The zero-order valence-electron chi connectivity index (χ0n) is 11.5. The summed E-state index contributed by atoms with van der Waals surface area (Å²) in [6.45, 7) is 8.03. The van der Waals surface area contributed by atoms with Crippen LogP contribution in [0.4, 0.5) is 0 Å². The Kier molecular flexibility index (Phi) is 3.81. The second-order valence-corrected chi connectivity index (χ2v) is 4.57. The second kappa shape index (κ2) is 5.35. The number of rotatable bonds is 5. The Balaban J connectivity index is 1.95. The molecule has 0 saturated carbocycles. The molecule has 1 unspecified atom stereocenters. The second-order valence-electron chi connectivity index (χ2n) is 4.57. The van der Waals surface area contributed by atoms with Gasteiger partial charge in [0.25, 0.3) is 0 Å². The van der Waals surface area contributed by atoms with Crippen molar-refractivity contribution in [2.45, 2.75) is 39.9 Å². The van der Waals surface area contributed by atoms with Gasteiger partial charge in [0.05, 0.1) is 11.9 Å². The van der Waals surface area contributed by atoms with E-state index in [0.29, 0.717) is 0 Å². The molecule has 0 aliphatic carbocycles. The Labute approximate surface area is 108 Å². The Bertz CT molecular complexity index is 511. The summed E-state index contributed by atoms with van der Waals surface area (Å²) in [7, 11) is 1.97. The average Bonchev–Trinajstić information content (AvgIpc) is 2.95. The molecule has 18 heavy (non-hydrogen) atoms. The summed E-state index contributed by atoms with van der Waals surface area (Å²) >= 11 is 0. The van der Waals surface area contributed by atoms with Gasteiger partial charge in [-0.2, -0.15) is 10.2 Å². The summed E-state index contributed by atoms with van der Waals surface area (Å²) in [4.78, 5) is 0. The standard InChI is InChI=1S/C13H21N5/c1-5-18-7-6-12(16-18)8-14-10(2)13-9-15-17(4)11(13)3/h6-7,9-10,14H,5,8H2,1-4H3. The van der Waals surface area contributed by atoms with Crippen molar-refractivity contribution in [2.75, 3.05) is 0 Å². The molecule has 0 bridgehead atoms. The van der Waals surface area contributed by atoms with Crippen molar-refractivity contribution in [3.8, 4) is 0 Å². The molecular formula is C13H21N5. The van der Waals surface area contributed by atoms with E-state index in [1.807, 2.05) is 28.8 Å². The maximum Gasteiger partial charge on any atom is 0.0762 e. The van der Waals surface area contributed by atoms with Crippen LogP contribution in [0.3, 0.4) is 0 Å². The summed E-state index contributed by atoms with van der Waals surface area (Å²) in [5.41, 5.74) is 3.52. The van der Waals surface area contributed by atoms with E-state index in [1.54, 1.807) is 0 Å². The van der Waals surface area contributed by atoms with Crippen LogP contribution >= 0.6 is 0 Å². The van der Waals surface area contributed by atoms with Gasteiger partial charge in [0.1, 0.15) is 0 Å². The molecule has 0 aliphatic heterocycles. The lowest BCUT2D eigenvalue weighted by Gasteiger charge is -2.12. The minimum atomic E-state index is 0.283. The van der Waals surface area contributed by atoms with E-state index in [0.717, 1.165) is 18.8 Å². The summed E-state index contributed by atoms with van der Waals surface area (Å²) in [6, 6.07) is 2.34. The minimum Gasteiger partial charge on any atom is -0.304 e. The van der Waals surface area contributed by atoms with Gasteiger partial charge in [-0.25, -0.2) is 0 Å². The first-order chi connectivity index (χ1) is 8.61. The topological polar surface area (TPSA) is 47.7 Å². The van der Waals surface area contributed by atoms with Crippen LogP contribution in [-0.4, -0.2) is 19.6 Å². The smallest absolute Gasteiger partial charge is 0.0762 e. The monoisotopic (exact) mass is 247 g/mol. The Morgan fingerprint density at radius 2 is 2.22 bits per heavy atom. The predicted molar refractivity (Wildman–Crippen MR) is 71.1 cm³/mol. The highest BCUT2D eigenvalue weighted by molar-refractivity contribution is 5.19. The van der Waals surface area contributed by atoms with Crippen LogP contribution in [0.15, 0.2) is 18.5 Å². The van der Waals surface area contributed by atoms with E-state index in [1.165, 1.54) is 11.3 Å². The van der Waals surface area contributed by atoms with Gasteiger partial charge in [0, 0.05) is 43.6 Å². The summed E-state index contributed by atoms with van der Waals surface area (Å²) in [5, 5.41) is 12.2. The van der Waals surface area contributed by atoms with Crippen molar-refractivity contribution in [3.63, 3.8) is 0 Å². The number of hydrogen-bond acceptors (Lipinski definition) is 3. The highest BCUT2D eigenvalue weighted by Crippen LogP contribution is 2.16. The fourth-order valence-electron chi connectivity index (χ4n) is 1.98. The molecule has 1 N–H and O–H groups in total. The van der Waals surface area contributed by atoms with E-state index in [4.69, 9.17) is 0 Å². The molecule has 5 heteroatoms. The highest BCUT2D eigenvalue weighted by atomic mass is 15.3. The fourth-order valence-corrected chi connectivity index (χ4v) is 1.98. The summed E-state index contributed by atoms with van der Waals surface area (Å²) in [5.74, 6) is 0. The van der Waals surface area contributed by atoms with E-state index >= 15 is 0 Å². The van der Waals surface area contributed by atoms with Gasteiger partial charge in [-0.05, 0) is 26.8 Å². The maximum atomic E-state index is 4.46. The first kappa shape index (κ1) is 12.8. The van der Waals surface area contributed by atoms with E-state index in [-0.39, 0.29) is 6.04 Å². The molecule has 2 heterocycles. The molecule has 5 nitrogen and oxygen atoms in total. The van der Waals surface area contributed by atoms with Crippen LogP contribution in [0.2, 0.25) is 0 Å². The van der Waals surface area contributed by atoms with Gasteiger partial charge in [-0.3, -0.25) is 9.36 Å². The third-order valence-corrected chi connectivity index (χ3v) is 3.35. The fraction of sp³-hybridized carbons (Fsp3) is 0.538. The Morgan fingerprint density at radius 3 is 2.78 bits per heavy atom. The van der Waals surface area contributed by atoms with Gasteiger partial charge >= 0.3 is 0 Å². The van der Waals surface area contributed by atoms with Crippen LogP contribution in [0, 0.1) is 6.92 Å². The molecular weight excluding hydrogens is 226 g/mol. The van der Waals surface area contributed by atoms with Gasteiger partial charge in [0.2, 0.25) is 0 Å². The van der Waals surface area contributed by atoms with Crippen LogP contribution in [0.25, 0.3) is 0 Å². The number of aryl methyl sites for hydroxylation is 2. The Morgan fingerprint density at radius 1 is 1.44 bits per heavy atom. The lowest BCUT2D eigenvalue weighted by atomic mass is 10.1. The van der Waals surface area contributed by atoms with Crippen molar-refractivity contribution in [2.24, 2.45) is 7.05 Å². The van der Waals surface area contributed by atoms with Crippen molar-refractivity contribution in [3.05, 3.63) is 35.4 Å². The number of aromatic nitrogens is 4. The third-order valence-electron chi connectivity index (χ3n) is 3.35. The number of nitrogens with one attached hydrogen (secondary N) is 1. The molecule has 0 spiro atoms. The van der Waals surface area contributed by atoms with Crippen LogP contribution < -0.4 is 5.32 Å². The van der Waals surface area contributed by atoms with Gasteiger partial charge in [-0.1, -0.05) is 0 Å². The lowest BCUT2D eigenvalue weighted by Crippen LogP contribution is -2.19. The molecule has 2 rings (SSSR count).